The first-order valence-corrected chi connectivity index (χ1v) is 6.87. The van der Waals surface area contributed by atoms with E-state index >= 15 is 0 Å². The van der Waals surface area contributed by atoms with E-state index in [2.05, 4.69) is 19.9 Å². The molecule has 3 heterocycles. The number of aromatic amines is 1. The van der Waals surface area contributed by atoms with Crippen molar-refractivity contribution in [3.8, 4) is 0 Å². The van der Waals surface area contributed by atoms with E-state index in [9.17, 15) is 9.59 Å². The first-order valence-electron chi connectivity index (χ1n) is 6.87. The third-order valence-electron chi connectivity index (χ3n) is 3.35. The van der Waals surface area contributed by atoms with Crippen molar-refractivity contribution in [3.63, 3.8) is 0 Å². The largest absolute Gasteiger partial charge is 0.367 e. The molecule has 1 aliphatic heterocycles. The molecule has 2 aromatic rings. The fraction of sp³-hybridized carbons (Fsp3) is 0.357. The van der Waals surface area contributed by atoms with Crippen molar-refractivity contribution in [3.05, 3.63) is 52.2 Å². The molecule has 1 amide bonds. The van der Waals surface area contributed by atoms with Gasteiger partial charge in [-0.3, -0.25) is 9.59 Å². The second-order valence-electron chi connectivity index (χ2n) is 5.01. The molecule has 0 saturated carbocycles. The van der Waals surface area contributed by atoms with Crippen molar-refractivity contribution in [1.82, 2.24) is 24.8 Å². The number of nitrogens with one attached hydrogen (secondary N) is 1. The van der Waals surface area contributed by atoms with Crippen LogP contribution in [0.2, 0.25) is 0 Å². The number of aryl methyl sites for hydroxylation is 1. The van der Waals surface area contributed by atoms with Crippen LogP contribution in [0.15, 0.2) is 29.6 Å². The second-order valence-corrected chi connectivity index (χ2v) is 5.01. The normalized spacial score (nSPS) is 18.2. The molecule has 1 aliphatic rings. The molecule has 0 aromatic carbocycles. The molecule has 8 nitrogen and oxygen atoms in total. The minimum atomic E-state index is -0.449. The van der Waals surface area contributed by atoms with Gasteiger partial charge in [0.2, 0.25) is 0 Å². The van der Waals surface area contributed by atoms with Crippen LogP contribution in [0.5, 0.6) is 0 Å². The lowest BCUT2D eigenvalue weighted by atomic mass is 10.2. The number of rotatable bonds is 2. The maximum atomic E-state index is 12.4. The molecule has 3 rings (SSSR count). The van der Waals surface area contributed by atoms with Crippen LogP contribution < -0.4 is 5.56 Å². The molecule has 1 atom stereocenters. The number of H-pyrrole nitrogens is 1. The van der Waals surface area contributed by atoms with Crippen LogP contribution >= 0.6 is 0 Å². The highest BCUT2D eigenvalue weighted by Crippen LogP contribution is 2.19. The predicted molar refractivity (Wildman–Crippen MR) is 76.2 cm³/mol. The highest BCUT2D eigenvalue weighted by atomic mass is 16.5. The van der Waals surface area contributed by atoms with Crippen molar-refractivity contribution >= 4 is 5.91 Å². The van der Waals surface area contributed by atoms with E-state index in [4.69, 9.17) is 4.74 Å². The van der Waals surface area contributed by atoms with E-state index < -0.39 is 6.10 Å². The summed E-state index contributed by atoms with van der Waals surface area (Å²) in [5.41, 5.74) is 0.808. The van der Waals surface area contributed by atoms with Crippen LogP contribution in [0.25, 0.3) is 0 Å². The topological polar surface area (TPSA) is 101 Å². The predicted octanol–water partition coefficient (Wildman–Crippen LogP) is 0.0820. The van der Waals surface area contributed by atoms with Crippen molar-refractivity contribution in [2.24, 2.45) is 0 Å². The number of carbonyl (C=O) groups is 1. The zero-order valence-electron chi connectivity index (χ0n) is 12.0. The third kappa shape index (κ3) is 3.01. The minimum Gasteiger partial charge on any atom is -0.367 e. The van der Waals surface area contributed by atoms with Crippen LogP contribution in [0, 0.1) is 6.92 Å². The lowest BCUT2D eigenvalue weighted by Gasteiger charge is -2.32. The summed E-state index contributed by atoms with van der Waals surface area (Å²) in [7, 11) is 0. The number of amides is 1. The second kappa shape index (κ2) is 6.02. The summed E-state index contributed by atoms with van der Waals surface area (Å²) in [6.45, 7) is 2.91. The Morgan fingerprint density at radius 2 is 2.18 bits per heavy atom. The molecule has 0 spiro atoms. The molecule has 2 aromatic heterocycles. The molecule has 0 unspecified atom stereocenters. The van der Waals surface area contributed by atoms with E-state index in [0.717, 1.165) is 0 Å². The Balaban J connectivity index is 1.79. The fourth-order valence-electron chi connectivity index (χ4n) is 2.35. The maximum Gasteiger partial charge on any atom is 0.257 e. The summed E-state index contributed by atoms with van der Waals surface area (Å²) in [6.07, 6.45) is 3.88. The number of hydrogen-bond donors (Lipinski definition) is 1. The highest BCUT2D eigenvalue weighted by Gasteiger charge is 2.27. The fourth-order valence-corrected chi connectivity index (χ4v) is 2.35. The molecule has 1 N–H and O–H groups in total. The van der Waals surface area contributed by atoms with Crippen molar-refractivity contribution in [1.29, 1.82) is 0 Å². The molecule has 22 heavy (non-hydrogen) atoms. The van der Waals surface area contributed by atoms with Gasteiger partial charge in [-0.05, 0) is 6.92 Å². The first kappa shape index (κ1) is 14.3. The lowest BCUT2D eigenvalue weighted by Crippen LogP contribution is -2.43. The van der Waals surface area contributed by atoms with E-state index in [1.54, 1.807) is 11.8 Å². The smallest absolute Gasteiger partial charge is 0.257 e. The molecular weight excluding hydrogens is 286 g/mol. The number of hydrogen-bond acceptors (Lipinski definition) is 6. The van der Waals surface area contributed by atoms with Gasteiger partial charge in [-0.1, -0.05) is 0 Å². The summed E-state index contributed by atoms with van der Waals surface area (Å²) in [5, 5.41) is 0. The number of ether oxygens (including phenoxy) is 1. The van der Waals surface area contributed by atoms with Gasteiger partial charge >= 0.3 is 0 Å². The Bertz CT molecular complexity index is 731. The van der Waals surface area contributed by atoms with Gasteiger partial charge in [0.15, 0.2) is 0 Å². The Hall–Kier alpha value is -2.61. The number of carbonyl (C=O) groups excluding carboxylic acids is 1. The van der Waals surface area contributed by atoms with Crippen LogP contribution in [0.3, 0.4) is 0 Å². The Morgan fingerprint density at radius 1 is 1.41 bits per heavy atom. The molecule has 8 heteroatoms. The minimum absolute atomic E-state index is 0.163. The average molecular weight is 301 g/mol. The first-order chi connectivity index (χ1) is 10.6. The van der Waals surface area contributed by atoms with Gasteiger partial charge in [0.1, 0.15) is 18.3 Å². The monoisotopic (exact) mass is 301 g/mol. The summed E-state index contributed by atoms with van der Waals surface area (Å²) in [5.74, 6) is 0.274. The van der Waals surface area contributed by atoms with E-state index in [-0.39, 0.29) is 11.5 Å². The van der Waals surface area contributed by atoms with Crippen LogP contribution in [0.1, 0.15) is 28.0 Å². The maximum absolute atomic E-state index is 12.4. The van der Waals surface area contributed by atoms with Crippen LogP contribution in [0.4, 0.5) is 0 Å². The summed E-state index contributed by atoms with van der Waals surface area (Å²) >= 11 is 0. The molecule has 0 bridgehead atoms. The Morgan fingerprint density at radius 3 is 2.91 bits per heavy atom. The van der Waals surface area contributed by atoms with Gasteiger partial charge in [-0.15, -0.1) is 0 Å². The highest BCUT2D eigenvalue weighted by molar-refractivity contribution is 5.93. The van der Waals surface area contributed by atoms with Crippen molar-refractivity contribution < 1.29 is 9.53 Å². The zero-order chi connectivity index (χ0) is 15.5. The Labute approximate surface area is 126 Å². The molecule has 1 saturated heterocycles. The molecule has 0 aliphatic carbocycles. The van der Waals surface area contributed by atoms with Gasteiger partial charge in [0.25, 0.3) is 11.5 Å². The molecular formula is C14H15N5O3. The van der Waals surface area contributed by atoms with Gasteiger partial charge in [-0.2, -0.15) is 0 Å². The van der Waals surface area contributed by atoms with E-state index in [1.165, 1.54) is 24.8 Å². The number of aromatic nitrogens is 4. The Kier molecular flexibility index (Phi) is 3.92. The molecule has 1 fully saturated rings. The van der Waals surface area contributed by atoms with Gasteiger partial charge in [0, 0.05) is 30.7 Å². The molecule has 114 valence electrons. The standard InChI is InChI=1S/C14H15N5O3/c1-9-4-12(20)18-13(17-9)11-7-19(2-3-22-11)14(21)10-5-15-8-16-6-10/h4-6,8,11H,2-3,7H2,1H3,(H,17,18,20)/t11-/m0/s1. The summed E-state index contributed by atoms with van der Waals surface area (Å²) in [6, 6.07) is 1.41. The van der Waals surface area contributed by atoms with Crippen LogP contribution in [-0.4, -0.2) is 50.4 Å². The number of morpholine rings is 1. The quantitative estimate of drug-likeness (QED) is 0.843. The van der Waals surface area contributed by atoms with Crippen molar-refractivity contribution in [2.45, 2.75) is 13.0 Å². The number of nitrogens with zero attached hydrogens (tertiary/aromatic N) is 4. The van der Waals surface area contributed by atoms with Gasteiger partial charge < -0.3 is 14.6 Å². The average Bonchev–Trinajstić information content (AvgIpc) is 2.54. The zero-order valence-corrected chi connectivity index (χ0v) is 12.0. The van der Waals surface area contributed by atoms with Gasteiger partial charge in [-0.25, -0.2) is 15.0 Å². The SMILES string of the molecule is Cc1cc(=O)[nH]c([C@@H]2CN(C(=O)c3cncnc3)CCO2)n1. The van der Waals surface area contributed by atoms with E-state index in [0.29, 0.717) is 36.8 Å². The lowest BCUT2D eigenvalue weighted by molar-refractivity contribution is -0.0270. The molecule has 0 radical (unpaired) electrons. The van der Waals surface area contributed by atoms with Crippen LogP contribution in [-0.2, 0) is 4.74 Å². The van der Waals surface area contributed by atoms with Crippen molar-refractivity contribution in [2.75, 3.05) is 19.7 Å². The third-order valence-corrected chi connectivity index (χ3v) is 3.35. The summed E-state index contributed by atoms with van der Waals surface area (Å²) in [4.78, 5) is 40.2. The van der Waals surface area contributed by atoms with E-state index in [1.807, 2.05) is 0 Å². The summed E-state index contributed by atoms with van der Waals surface area (Å²) < 4.78 is 5.63. The van der Waals surface area contributed by atoms with Gasteiger partial charge in [0.05, 0.1) is 18.7 Å².